The van der Waals surface area contributed by atoms with Gasteiger partial charge in [-0.15, -0.1) is 6.58 Å². The summed E-state index contributed by atoms with van der Waals surface area (Å²) >= 11 is 0. The normalized spacial score (nSPS) is 12.1. The number of allylic oxidation sites excluding steroid dienone is 1. The summed E-state index contributed by atoms with van der Waals surface area (Å²) in [6.45, 7) is 3.64. The Labute approximate surface area is 112 Å². The first-order chi connectivity index (χ1) is 9.04. The van der Waals surface area contributed by atoms with Gasteiger partial charge in [-0.3, -0.25) is 9.59 Å². The minimum Gasteiger partial charge on any atom is -0.481 e. The molecule has 0 saturated carbocycles. The van der Waals surface area contributed by atoms with Crippen molar-refractivity contribution >= 4 is 11.9 Å². The lowest BCUT2D eigenvalue weighted by atomic mass is 9.87. The summed E-state index contributed by atoms with van der Waals surface area (Å²) in [5, 5.41) is 17.8. The van der Waals surface area contributed by atoms with Crippen LogP contribution in [0.4, 0.5) is 0 Å². The van der Waals surface area contributed by atoms with Gasteiger partial charge in [0, 0.05) is 0 Å². The minimum absolute atomic E-state index is 0.0305. The van der Waals surface area contributed by atoms with Gasteiger partial charge in [0.05, 0.1) is 0 Å². The average Bonchev–Trinajstić information content (AvgIpc) is 2.36. The number of aliphatic carboxylic acids is 2. The molecule has 1 aromatic rings. The van der Waals surface area contributed by atoms with Gasteiger partial charge in [-0.05, 0) is 30.7 Å². The molecule has 0 aliphatic carbocycles. The van der Waals surface area contributed by atoms with E-state index < -0.39 is 17.9 Å². The number of rotatable bonds is 8. The molecule has 102 valence electrons. The highest BCUT2D eigenvalue weighted by molar-refractivity contribution is 5.92. The molecule has 0 aliphatic rings. The second-order valence-electron chi connectivity index (χ2n) is 4.54. The number of hydrogen-bond acceptors (Lipinski definition) is 2. The summed E-state index contributed by atoms with van der Waals surface area (Å²) in [4.78, 5) is 21.9. The molecule has 4 nitrogen and oxygen atoms in total. The molecule has 4 heteroatoms. The van der Waals surface area contributed by atoms with Crippen LogP contribution in [0.2, 0.25) is 0 Å². The van der Waals surface area contributed by atoms with Crippen molar-refractivity contribution in [2.75, 3.05) is 0 Å². The quantitative estimate of drug-likeness (QED) is 0.558. The van der Waals surface area contributed by atoms with E-state index in [9.17, 15) is 9.59 Å². The molecule has 0 amide bonds. The Hall–Kier alpha value is -2.10. The van der Waals surface area contributed by atoms with Crippen LogP contribution in [-0.4, -0.2) is 22.2 Å². The van der Waals surface area contributed by atoms with Crippen LogP contribution in [0.25, 0.3) is 0 Å². The molecule has 0 radical (unpaired) electrons. The SMILES string of the molecule is C=CCC(Cc1ccccc1)CC(C(=O)O)C(=O)O. The number of carbonyl (C=O) groups is 2. The molecule has 1 unspecified atom stereocenters. The van der Waals surface area contributed by atoms with E-state index in [2.05, 4.69) is 6.58 Å². The fraction of sp³-hybridized carbons (Fsp3) is 0.333. The lowest BCUT2D eigenvalue weighted by Gasteiger charge is -2.17. The van der Waals surface area contributed by atoms with Crippen molar-refractivity contribution in [1.29, 1.82) is 0 Å². The van der Waals surface area contributed by atoms with E-state index in [0.717, 1.165) is 5.56 Å². The first kappa shape index (κ1) is 15.0. The van der Waals surface area contributed by atoms with Crippen molar-refractivity contribution < 1.29 is 19.8 Å². The Bertz CT molecular complexity index is 425. The summed E-state index contributed by atoms with van der Waals surface area (Å²) in [6, 6.07) is 9.63. The van der Waals surface area contributed by atoms with Gasteiger partial charge in [-0.2, -0.15) is 0 Å². The highest BCUT2D eigenvalue weighted by Gasteiger charge is 2.28. The van der Waals surface area contributed by atoms with Gasteiger partial charge in [0.25, 0.3) is 0 Å². The lowest BCUT2D eigenvalue weighted by molar-refractivity contribution is -0.155. The van der Waals surface area contributed by atoms with Gasteiger partial charge in [0.2, 0.25) is 0 Å². The summed E-state index contributed by atoms with van der Waals surface area (Å²) in [7, 11) is 0. The third kappa shape index (κ3) is 4.95. The first-order valence-corrected chi connectivity index (χ1v) is 6.15. The van der Waals surface area contributed by atoms with E-state index in [0.29, 0.717) is 12.8 Å². The van der Waals surface area contributed by atoms with Gasteiger partial charge >= 0.3 is 11.9 Å². The van der Waals surface area contributed by atoms with Gasteiger partial charge in [0.15, 0.2) is 5.92 Å². The summed E-state index contributed by atoms with van der Waals surface area (Å²) in [6.07, 6.45) is 3.08. The first-order valence-electron chi connectivity index (χ1n) is 6.15. The van der Waals surface area contributed by atoms with Gasteiger partial charge < -0.3 is 10.2 Å². The van der Waals surface area contributed by atoms with Crippen LogP contribution < -0.4 is 0 Å². The van der Waals surface area contributed by atoms with Crippen molar-refractivity contribution in [3.8, 4) is 0 Å². The summed E-state index contributed by atoms with van der Waals surface area (Å²) < 4.78 is 0. The standard InChI is InChI=1S/C15H18O4/c1-2-6-12(9-11-7-4-3-5-8-11)10-13(14(16)17)15(18)19/h2-5,7-8,12-13H,1,6,9-10H2,(H,16,17)(H,18,19). The molecule has 0 aromatic heterocycles. The van der Waals surface area contributed by atoms with E-state index >= 15 is 0 Å². The van der Waals surface area contributed by atoms with E-state index in [1.807, 2.05) is 30.3 Å². The monoisotopic (exact) mass is 262 g/mol. The zero-order chi connectivity index (χ0) is 14.3. The third-order valence-corrected chi connectivity index (χ3v) is 3.03. The largest absolute Gasteiger partial charge is 0.481 e. The molecule has 0 heterocycles. The Morgan fingerprint density at radius 1 is 1.16 bits per heavy atom. The van der Waals surface area contributed by atoms with Crippen molar-refractivity contribution in [2.24, 2.45) is 11.8 Å². The third-order valence-electron chi connectivity index (χ3n) is 3.03. The predicted octanol–water partition coefficient (Wildman–Crippen LogP) is 2.60. The van der Waals surface area contributed by atoms with E-state index in [4.69, 9.17) is 10.2 Å². The molecule has 19 heavy (non-hydrogen) atoms. The van der Waals surface area contributed by atoms with Crippen molar-refractivity contribution in [3.63, 3.8) is 0 Å². The summed E-state index contributed by atoms with van der Waals surface area (Å²) in [5.41, 5.74) is 1.07. The average molecular weight is 262 g/mol. The molecule has 1 rings (SSSR count). The second-order valence-corrected chi connectivity index (χ2v) is 4.54. The van der Waals surface area contributed by atoms with Gasteiger partial charge in [0.1, 0.15) is 0 Å². The van der Waals surface area contributed by atoms with Crippen molar-refractivity contribution in [3.05, 3.63) is 48.6 Å². The molecule has 0 bridgehead atoms. The fourth-order valence-corrected chi connectivity index (χ4v) is 2.09. The van der Waals surface area contributed by atoms with E-state index in [1.54, 1.807) is 6.08 Å². The van der Waals surface area contributed by atoms with Crippen LogP contribution in [0.1, 0.15) is 18.4 Å². The maximum Gasteiger partial charge on any atom is 0.317 e. The highest BCUT2D eigenvalue weighted by Crippen LogP contribution is 2.22. The molecule has 1 aromatic carbocycles. The second kappa shape index (κ2) is 7.36. The highest BCUT2D eigenvalue weighted by atomic mass is 16.4. The molecule has 0 fully saturated rings. The Morgan fingerprint density at radius 2 is 1.74 bits per heavy atom. The zero-order valence-corrected chi connectivity index (χ0v) is 10.7. The molecular formula is C15H18O4. The maximum atomic E-state index is 10.9. The lowest BCUT2D eigenvalue weighted by Crippen LogP contribution is -2.26. The van der Waals surface area contributed by atoms with E-state index in [1.165, 1.54) is 0 Å². The fourth-order valence-electron chi connectivity index (χ4n) is 2.09. The molecule has 1 atom stereocenters. The Morgan fingerprint density at radius 3 is 2.21 bits per heavy atom. The number of benzene rings is 1. The van der Waals surface area contributed by atoms with Gasteiger partial charge in [-0.25, -0.2) is 0 Å². The smallest absolute Gasteiger partial charge is 0.317 e. The van der Waals surface area contributed by atoms with E-state index in [-0.39, 0.29) is 12.3 Å². The topological polar surface area (TPSA) is 74.6 Å². The van der Waals surface area contributed by atoms with Crippen LogP contribution >= 0.6 is 0 Å². The van der Waals surface area contributed by atoms with Crippen LogP contribution in [0, 0.1) is 11.8 Å². The van der Waals surface area contributed by atoms with Crippen LogP contribution in [0.5, 0.6) is 0 Å². The molecular weight excluding hydrogens is 244 g/mol. The molecule has 0 spiro atoms. The van der Waals surface area contributed by atoms with Crippen LogP contribution in [-0.2, 0) is 16.0 Å². The van der Waals surface area contributed by atoms with Crippen molar-refractivity contribution in [1.82, 2.24) is 0 Å². The number of hydrogen-bond donors (Lipinski definition) is 2. The van der Waals surface area contributed by atoms with Crippen LogP contribution in [0.15, 0.2) is 43.0 Å². The van der Waals surface area contributed by atoms with Gasteiger partial charge in [-0.1, -0.05) is 36.4 Å². The maximum absolute atomic E-state index is 10.9. The number of carboxylic acids is 2. The zero-order valence-electron chi connectivity index (χ0n) is 10.7. The predicted molar refractivity (Wildman–Crippen MR) is 71.8 cm³/mol. The van der Waals surface area contributed by atoms with Crippen LogP contribution in [0.3, 0.4) is 0 Å². The molecule has 0 saturated heterocycles. The Kier molecular flexibility index (Phi) is 5.79. The summed E-state index contributed by atoms with van der Waals surface area (Å²) in [5.74, 6) is -3.95. The van der Waals surface area contributed by atoms with Crippen molar-refractivity contribution in [2.45, 2.75) is 19.3 Å². The molecule has 0 aliphatic heterocycles. The minimum atomic E-state index is -1.35. The molecule has 2 N–H and O–H groups in total. The Balaban J connectivity index is 2.74. The number of carboxylic acid groups (broad SMARTS) is 2.